The predicted octanol–water partition coefficient (Wildman–Crippen LogP) is 1.98. The Kier molecular flexibility index (Phi) is 4.19. The highest BCUT2D eigenvalue weighted by molar-refractivity contribution is 7.89. The molecule has 0 aliphatic carbocycles. The third-order valence-electron chi connectivity index (χ3n) is 3.60. The van der Waals surface area contributed by atoms with Crippen molar-refractivity contribution in [2.24, 2.45) is 0 Å². The molecule has 1 aliphatic rings. The van der Waals surface area contributed by atoms with Crippen LogP contribution in [-0.2, 0) is 10.0 Å². The van der Waals surface area contributed by atoms with Crippen molar-refractivity contribution in [1.29, 1.82) is 0 Å². The first-order chi connectivity index (χ1) is 9.37. The summed E-state index contributed by atoms with van der Waals surface area (Å²) in [7, 11) is -2.44. The van der Waals surface area contributed by atoms with Gasteiger partial charge in [0, 0.05) is 12.6 Å². The van der Waals surface area contributed by atoms with Crippen molar-refractivity contribution in [3.05, 3.63) is 17.9 Å². The van der Waals surface area contributed by atoms with Gasteiger partial charge in [-0.15, -0.1) is 0 Å². The van der Waals surface area contributed by atoms with Gasteiger partial charge in [0.15, 0.2) is 11.6 Å². The quantitative estimate of drug-likeness (QED) is 0.867. The highest BCUT2D eigenvalue weighted by Crippen LogP contribution is 2.31. The molecule has 0 aromatic heterocycles. The monoisotopic (exact) mass is 302 g/mol. The van der Waals surface area contributed by atoms with Gasteiger partial charge in [-0.3, -0.25) is 0 Å². The number of hydrogen-bond donors (Lipinski definition) is 1. The topological polar surface area (TPSA) is 72.6 Å². The zero-order valence-corrected chi connectivity index (χ0v) is 12.4. The van der Waals surface area contributed by atoms with Crippen LogP contribution in [0.25, 0.3) is 0 Å². The highest BCUT2D eigenvalue weighted by atomic mass is 32.2. The number of piperidine rings is 1. The Hall–Kier alpha value is -1.34. The fourth-order valence-electron chi connectivity index (χ4n) is 2.52. The van der Waals surface area contributed by atoms with Crippen molar-refractivity contribution in [2.75, 3.05) is 19.4 Å². The Bertz CT molecular complexity index is 581. The number of ether oxygens (including phenoxy) is 1. The number of hydrogen-bond acceptors (Lipinski definition) is 4. The van der Waals surface area contributed by atoms with Crippen molar-refractivity contribution in [3.8, 4) is 5.75 Å². The molecule has 5 nitrogen and oxygen atoms in total. The molecular weight excluding hydrogens is 283 g/mol. The molecule has 7 heteroatoms. The molecule has 1 aromatic carbocycles. The second-order valence-corrected chi connectivity index (χ2v) is 6.88. The fraction of sp³-hybridized carbons (Fsp3) is 0.538. The number of halogens is 1. The predicted molar refractivity (Wildman–Crippen MR) is 74.6 cm³/mol. The number of nitrogen functional groups attached to an aromatic ring is 1. The van der Waals surface area contributed by atoms with Crippen molar-refractivity contribution in [1.82, 2.24) is 4.31 Å². The molecule has 1 aromatic rings. The van der Waals surface area contributed by atoms with Crippen LogP contribution in [0.4, 0.5) is 10.1 Å². The van der Waals surface area contributed by atoms with Gasteiger partial charge < -0.3 is 10.5 Å². The summed E-state index contributed by atoms with van der Waals surface area (Å²) in [6.45, 7) is 2.32. The summed E-state index contributed by atoms with van der Waals surface area (Å²) < 4.78 is 45.2. The number of anilines is 1. The third-order valence-corrected chi connectivity index (χ3v) is 5.59. The number of nitrogens with zero attached hydrogens (tertiary/aromatic N) is 1. The second-order valence-electron chi connectivity index (χ2n) is 4.99. The van der Waals surface area contributed by atoms with Crippen LogP contribution in [0, 0.1) is 5.82 Å². The molecule has 1 fully saturated rings. The molecule has 20 heavy (non-hydrogen) atoms. The molecule has 1 aliphatic heterocycles. The van der Waals surface area contributed by atoms with E-state index in [1.54, 1.807) is 0 Å². The van der Waals surface area contributed by atoms with E-state index in [0.717, 1.165) is 25.3 Å². The van der Waals surface area contributed by atoms with E-state index in [1.807, 2.05) is 6.92 Å². The Morgan fingerprint density at radius 3 is 2.65 bits per heavy atom. The maximum atomic E-state index is 13.8. The van der Waals surface area contributed by atoms with Crippen LogP contribution in [0.15, 0.2) is 17.0 Å². The molecule has 2 N–H and O–H groups in total. The Morgan fingerprint density at radius 1 is 1.40 bits per heavy atom. The van der Waals surface area contributed by atoms with E-state index in [0.29, 0.717) is 6.54 Å². The first kappa shape index (κ1) is 15.1. The summed E-state index contributed by atoms with van der Waals surface area (Å²) >= 11 is 0. The SMILES string of the molecule is COc1c(N)cc(S(=O)(=O)N2CCCCC2C)cc1F. The maximum absolute atomic E-state index is 13.8. The van der Waals surface area contributed by atoms with Gasteiger partial charge in [0.25, 0.3) is 0 Å². The Balaban J connectivity index is 2.44. The number of methoxy groups -OCH3 is 1. The lowest BCUT2D eigenvalue weighted by Crippen LogP contribution is -2.41. The zero-order chi connectivity index (χ0) is 14.9. The smallest absolute Gasteiger partial charge is 0.243 e. The van der Waals surface area contributed by atoms with Crippen molar-refractivity contribution in [2.45, 2.75) is 37.1 Å². The lowest BCUT2D eigenvalue weighted by molar-refractivity contribution is 0.268. The summed E-state index contributed by atoms with van der Waals surface area (Å²) in [5.74, 6) is -0.897. The minimum atomic E-state index is -3.72. The molecule has 1 saturated heterocycles. The summed E-state index contributed by atoms with van der Waals surface area (Å²) in [5, 5.41) is 0. The van der Waals surface area contributed by atoms with E-state index in [4.69, 9.17) is 10.5 Å². The lowest BCUT2D eigenvalue weighted by atomic mass is 10.1. The second kappa shape index (κ2) is 5.57. The average Bonchev–Trinajstić information content (AvgIpc) is 2.38. The standard InChI is InChI=1S/C13H19FN2O3S/c1-9-5-3-4-6-16(9)20(17,18)10-7-11(14)13(19-2)12(15)8-10/h7-9H,3-6,15H2,1-2H3. The van der Waals surface area contributed by atoms with Crippen LogP contribution < -0.4 is 10.5 Å². The molecule has 0 amide bonds. The van der Waals surface area contributed by atoms with E-state index in [1.165, 1.54) is 17.5 Å². The Morgan fingerprint density at radius 2 is 2.10 bits per heavy atom. The van der Waals surface area contributed by atoms with Gasteiger partial charge in [0.2, 0.25) is 10.0 Å². The number of rotatable bonds is 3. The molecule has 0 radical (unpaired) electrons. The van der Waals surface area contributed by atoms with Gasteiger partial charge in [-0.1, -0.05) is 6.42 Å². The normalized spacial score (nSPS) is 20.9. The summed E-state index contributed by atoms with van der Waals surface area (Å²) in [6, 6.07) is 2.13. The molecule has 2 rings (SSSR count). The van der Waals surface area contributed by atoms with Gasteiger partial charge in [0.05, 0.1) is 17.7 Å². The van der Waals surface area contributed by atoms with E-state index < -0.39 is 15.8 Å². The minimum absolute atomic E-state index is 0.0178. The van der Waals surface area contributed by atoms with Crippen LogP contribution in [0.5, 0.6) is 5.75 Å². The van der Waals surface area contributed by atoms with Gasteiger partial charge in [-0.2, -0.15) is 4.31 Å². The van der Waals surface area contributed by atoms with Gasteiger partial charge in [0.1, 0.15) is 0 Å². The highest BCUT2D eigenvalue weighted by Gasteiger charge is 2.32. The molecule has 1 atom stereocenters. The fourth-order valence-corrected chi connectivity index (χ4v) is 4.27. The first-order valence-electron chi connectivity index (χ1n) is 6.52. The van der Waals surface area contributed by atoms with Crippen LogP contribution in [0.3, 0.4) is 0 Å². The summed E-state index contributed by atoms with van der Waals surface area (Å²) in [5.41, 5.74) is 5.63. The summed E-state index contributed by atoms with van der Waals surface area (Å²) in [6.07, 6.45) is 2.64. The molecule has 1 unspecified atom stereocenters. The molecule has 112 valence electrons. The molecule has 0 spiro atoms. The zero-order valence-electron chi connectivity index (χ0n) is 11.6. The number of nitrogens with two attached hydrogens (primary N) is 1. The molecule has 1 heterocycles. The van der Waals surface area contributed by atoms with E-state index >= 15 is 0 Å². The largest absolute Gasteiger partial charge is 0.492 e. The van der Waals surface area contributed by atoms with Crippen LogP contribution in [-0.4, -0.2) is 32.4 Å². The third kappa shape index (κ3) is 2.60. The van der Waals surface area contributed by atoms with Gasteiger partial charge >= 0.3 is 0 Å². The maximum Gasteiger partial charge on any atom is 0.243 e. The van der Waals surface area contributed by atoms with Crippen LogP contribution >= 0.6 is 0 Å². The summed E-state index contributed by atoms with van der Waals surface area (Å²) in [4.78, 5) is -0.123. The van der Waals surface area contributed by atoms with Crippen molar-refractivity contribution in [3.63, 3.8) is 0 Å². The molecule has 0 bridgehead atoms. The van der Waals surface area contributed by atoms with Crippen molar-refractivity contribution < 1.29 is 17.5 Å². The van der Waals surface area contributed by atoms with E-state index in [-0.39, 0.29) is 22.4 Å². The van der Waals surface area contributed by atoms with Gasteiger partial charge in [-0.25, -0.2) is 12.8 Å². The van der Waals surface area contributed by atoms with Crippen LogP contribution in [0.2, 0.25) is 0 Å². The van der Waals surface area contributed by atoms with Crippen LogP contribution in [0.1, 0.15) is 26.2 Å². The minimum Gasteiger partial charge on any atom is -0.492 e. The number of sulfonamides is 1. The van der Waals surface area contributed by atoms with E-state index in [9.17, 15) is 12.8 Å². The lowest BCUT2D eigenvalue weighted by Gasteiger charge is -2.32. The van der Waals surface area contributed by atoms with Crippen molar-refractivity contribution >= 4 is 15.7 Å². The molecule has 0 saturated carbocycles. The average molecular weight is 302 g/mol. The number of benzene rings is 1. The molecular formula is C13H19FN2O3S. The van der Waals surface area contributed by atoms with E-state index in [2.05, 4.69) is 0 Å². The van der Waals surface area contributed by atoms with Gasteiger partial charge in [-0.05, 0) is 31.9 Å². The first-order valence-corrected chi connectivity index (χ1v) is 7.96. The Labute approximate surface area is 118 Å².